The molecule has 4 heteroatoms. The van der Waals surface area contributed by atoms with Crippen LogP contribution in [0, 0.1) is 0 Å². The number of aryl methyl sites for hydroxylation is 1. The summed E-state index contributed by atoms with van der Waals surface area (Å²) in [5.41, 5.74) is 2.09. The van der Waals surface area contributed by atoms with Crippen molar-refractivity contribution in [2.24, 2.45) is 0 Å². The summed E-state index contributed by atoms with van der Waals surface area (Å²) in [4.78, 5) is 16.0. The van der Waals surface area contributed by atoms with E-state index in [1.807, 2.05) is 30.3 Å². The molecule has 0 aliphatic heterocycles. The lowest BCUT2D eigenvalue weighted by Gasteiger charge is -2.04. The van der Waals surface area contributed by atoms with Gasteiger partial charge in [-0.1, -0.05) is 12.1 Å². The highest BCUT2D eigenvalue weighted by Gasteiger charge is 2.05. The van der Waals surface area contributed by atoms with E-state index in [9.17, 15) is 4.79 Å². The van der Waals surface area contributed by atoms with E-state index in [-0.39, 0.29) is 5.78 Å². The van der Waals surface area contributed by atoms with Gasteiger partial charge in [-0.25, -0.2) is 0 Å². The molecule has 1 aromatic heterocycles. The fraction of sp³-hybridized carbons (Fsp3) is 0.250. The number of halogens is 1. The molecule has 104 valence electrons. The standard InChI is InChI=1S/C16H16BrNO2/c1-20-16-6-3-12(4-7-16)2-5-15(19)9-13-8-14(17)11-18-10-13/h3-4,6-8,10-11H,2,5,9H2,1H3. The number of ketones is 1. The van der Waals surface area contributed by atoms with Crippen LogP contribution in [-0.4, -0.2) is 17.9 Å². The summed E-state index contributed by atoms with van der Waals surface area (Å²) >= 11 is 3.36. The molecule has 2 rings (SSSR count). The SMILES string of the molecule is COc1ccc(CCC(=O)Cc2cncc(Br)c2)cc1. The van der Waals surface area contributed by atoms with E-state index >= 15 is 0 Å². The molecule has 1 heterocycles. The van der Waals surface area contributed by atoms with Crippen molar-refractivity contribution >= 4 is 21.7 Å². The molecular formula is C16H16BrNO2. The second-order valence-corrected chi connectivity index (χ2v) is 5.49. The van der Waals surface area contributed by atoms with E-state index in [0.29, 0.717) is 12.8 Å². The molecule has 0 amide bonds. The Labute approximate surface area is 127 Å². The van der Waals surface area contributed by atoms with E-state index in [4.69, 9.17) is 4.74 Å². The van der Waals surface area contributed by atoms with E-state index < -0.39 is 0 Å². The van der Waals surface area contributed by atoms with Gasteiger partial charge < -0.3 is 4.74 Å². The Kier molecular flexibility index (Phi) is 5.30. The van der Waals surface area contributed by atoms with E-state index in [2.05, 4.69) is 20.9 Å². The van der Waals surface area contributed by atoms with Crippen molar-refractivity contribution in [2.75, 3.05) is 7.11 Å². The fourth-order valence-corrected chi connectivity index (χ4v) is 2.36. The third kappa shape index (κ3) is 4.46. The first-order valence-electron chi connectivity index (χ1n) is 6.41. The monoisotopic (exact) mass is 333 g/mol. The van der Waals surface area contributed by atoms with Crippen molar-refractivity contribution in [3.8, 4) is 5.75 Å². The first-order valence-corrected chi connectivity index (χ1v) is 7.21. The van der Waals surface area contributed by atoms with Gasteiger partial charge in [-0.3, -0.25) is 9.78 Å². The molecule has 0 saturated heterocycles. The Bertz CT molecular complexity index is 581. The van der Waals surface area contributed by atoms with Gasteiger partial charge in [0, 0.05) is 29.7 Å². The largest absolute Gasteiger partial charge is 0.497 e. The zero-order valence-corrected chi connectivity index (χ0v) is 12.9. The summed E-state index contributed by atoms with van der Waals surface area (Å²) in [5.74, 6) is 1.06. The first-order chi connectivity index (χ1) is 9.67. The summed E-state index contributed by atoms with van der Waals surface area (Å²) in [6.45, 7) is 0. The number of Topliss-reactive ketones (excluding diaryl/α,β-unsaturated/α-hetero) is 1. The van der Waals surface area contributed by atoms with Gasteiger partial charge in [-0.15, -0.1) is 0 Å². The lowest BCUT2D eigenvalue weighted by molar-refractivity contribution is -0.118. The summed E-state index contributed by atoms with van der Waals surface area (Å²) in [6, 6.07) is 9.74. The lowest BCUT2D eigenvalue weighted by Crippen LogP contribution is -2.04. The molecule has 0 unspecified atom stereocenters. The maximum atomic E-state index is 12.0. The first kappa shape index (κ1) is 14.7. The molecule has 0 bridgehead atoms. The number of benzene rings is 1. The molecule has 0 atom stereocenters. The van der Waals surface area contributed by atoms with Crippen molar-refractivity contribution in [3.63, 3.8) is 0 Å². The lowest BCUT2D eigenvalue weighted by atomic mass is 10.0. The molecule has 0 saturated carbocycles. The molecule has 0 aliphatic rings. The van der Waals surface area contributed by atoms with Crippen molar-refractivity contribution < 1.29 is 9.53 Å². The summed E-state index contributed by atoms with van der Waals surface area (Å²) < 4.78 is 6.01. The number of aromatic nitrogens is 1. The molecular weight excluding hydrogens is 318 g/mol. The number of carbonyl (C=O) groups is 1. The number of rotatable bonds is 6. The quantitative estimate of drug-likeness (QED) is 0.810. The van der Waals surface area contributed by atoms with Crippen molar-refractivity contribution in [3.05, 3.63) is 58.3 Å². The minimum absolute atomic E-state index is 0.223. The van der Waals surface area contributed by atoms with Crippen molar-refractivity contribution in [1.29, 1.82) is 0 Å². The van der Waals surface area contributed by atoms with Crippen LogP contribution in [0.25, 0.3) is 0 Å². The Morgan fingerprint density at radius 1 is 1.20 bits per heavy atom. The Hall–Kier alpha value is -1.68. The Morgan fingerprint density at radius 3 is 2.60 bits per heavy atom. The molecule has 0 aliphatic carbocycles. The van der Waals surface area contributed by atoms with Crippen LogP contribution < -0.4 is 4.74 Å². The van der Waals surface area contributed by atoms with Gasteiger partial charge in [0.2, 0.25) is 0 Å². The van der Waals surface area contributed by atoms with E-state index in [1.165, 1.54) is 0 Å². The van der Waals surface area contributed by atoms with Gasteiger partial charge in [0.1, 0.15) is 11.5 Å². The Balaban J connectivity index is 1.85. The van der Waals surface area contributed by atoms with Crippen LogP contribution >= 0.6 is 15.9 Å². The molecule has 0 spiro atoms. The topological polar surface area (TPSA) is 39.2 Å². The van der Waals surface area contributed by atoms with Crippen molar-refractivity contribution in [1.82, 2.24) is 4.98 Å². The maximum absolute atomic E-state index is 12.0. The molecule has 0 fully saturated rings. The summed E-state index contributed by atoms with van der Waals surface area (Å²) in [6.07, 6.45) is 5.17. The van der Waals surface area contributed by atoms with Crippen LogP contribution in [0.15, 0.2) is 47.2 Å². The maximum Gasteiger partial charge on any atom is 0.137 e. The summed E-state index contributed by atoms with van der Waals surface area (Å²) in [5, 5.41) is 0. The number of nitrogens with zero attached hydrogens (tertiary/aromatic N) is 1. The van der Waals surface area contributed by atoms with Gasteiger partial charge >= 0.3 is 0 Å². The van der Waals surface area contributed by atoms with Crippen LogP contribution in [0.2, 0.25) is 0 Å². The predicted octanol–water partition coefficient (Wildman–Crippen LogP) is 3.60. The molecule has 1 aromatic carbocycles. The number of ether oxygens (including phenoxy) is 1. The Morgan fingerprint density at radius 2 is 1.95 bits per heavy atom. The minimum Gasteiger partial charge on any atom is -0.497 e. The zero-order chi connectivity index (χ0) is 14.4. The highest BCUT2D eigenvalue weighted by atomic mass is 79.9. The number of hydrogen-bond acceptors (Lipinski definition) is 3. The molecule has 2 aromatic rings. The van der Waals surface area contributed by atoms with Crippen LogP contribution in [0.1, 0.15) is 17.5 Å². The van der Waals surface area contributed by atoms with Gasteiger partial charge in [-0.05, 0) is 51.7 Å². The van der Waals surface area contributed by atoms with Gasteiger partial charge in [0.05, 0.1) is 7.11 Å². The fourth-order valence-electron chi connectivity index (χ4n) is 1.94. The van der Waals surface area contributed by atoms with Crippen molar-refractivity contribution in [2.45, 2.75) is 19.3 Å². The highest BCUT2D eigenvalue weighted by Crippen LogP contribution is 2.14. The summed E-state index contributed by atoms with van der Waals surface area (Å²) in [7, 11) is 1.64. The third-order valence-corrected chi connectivity index (χ3v) is 3.45. The molecule has 0 N–H and O–H groups in total. The van der Waals surface area contributed by atoms with Crippen LogP contribution in [0.4, 0.5) is 0 Å². The number of pyridine rings is 1. The van der Waals surface area contributed by atoms with E-state index in [1.54, 1.807) is 19.5 Å². The second-order valence-electron chi connectivity index (χ2n) is 4.57. The van der Waals surface area contributed by atoms with Crippen LogP contribution in [0.3, 0.4) is 0 Å². The molecule has 20 heavy (non-hydrogen) atoms. The average molecular weight is 334 g/mol. The number of hydrogen-bond donors (Lipinski definition) is 0. The van der Waals surface area contributed by atoms with Gasteiger partial charge in [0.15, 0.2) is 0 Å². The van der Waals surface area contributed by atoms with Gasteiger partial charge in [-0.2, -0.15) is 0 Å². The van der Waals surface area contributed by atoms with Crippen LogP contribution in [0.5, 0.6) is 5.75 Å². The second kappa shape index (κ2) is 7.20. The highest BCUT2D eigenvalue weighted by molar-refractivity contribution is 9.10. The van der Waals surface area contributed by atoms with E-state index in [0.717, 1.165) is 27.8 Å². The minimum atomic E-state index is 0.223. The average Bonchev–Trinajstić information content (AvgIpc) is 2.46. The zero-order valence-electron chi connectivity index (χ0n) is 11.3. The molecule has 0 radical (unpaired) electrons. The smallest absolute Gasteiger partial charge is 0.137 e. The molecule has 3 nitrogen and oxygen atoms in total. The van der Waals surface area contributed by atoms with Gasteiger partial charge in [0.25, 0.3) is 0 Å². The number of carbonyl (C=O) groups excluding carboxylic acids is 1. The predicted molar refractivity (Wildman–Crippen MR) is 82.0 cm³/mol. The number of methoxy groups -OCH3 is 1. The van der Waals surface area contributed by atoms with Crippen LogP contribution in [-0.2, 0) is 17.6 Å². The normalized spacial score (nSPS) is 10.3. The third-order valence-electron chi connectivity index (χ3n) is 3.01.